The molecule has 11 heavy (non-hydrogen) atoms. The highest BCUT2D eigenvalue weighted by Gasteiger charge is 2.01. The lowest BCUT2D eigenvalue weighted by Gasteiger charge is -2.10. The second-order valence-electron chi connectivity index (χ2n) is 2.15. The maximum Gasteiger partial charge on any atom is 0.157 e. The van der Waals surface area contributed by atoms with E-state index in [-0.39, 0.29) is 6.29 Å². The monoisotopic (exact) mass is 156 g/mol. The summed E-state index contributed by atoms with van der Waals surface area (Å²) in [6, 6.07) is 0. The molecule has 0 aromatic rings. The van der Waals surface area contributed by atoms with E-state index in [1.165, 1.54) is 0 Å². The molecule has 0 bridgehead atoms. The summed E-state index contributed by atoms with van der Waals surface area (Å²) >= 11 is 0. The van der Waals surface area contributed by atoms with Crippen LogP contribution in [0.2, 0.25) is 0 Å². The van der Waals surface area contributed by atoms with Crippen molar-refractivity contribution in [1.29, 1.82) is 0 Å². The van der Waals surface area contributed by atoms with Crippen molar-refractivity contribution in [1.82, 2.24) is 0 Å². The van der Waals surface area contributed by atoms with Gasteiger partial charge in [-0.3, -0.25) is 0 Å². The van der Waals surface area contributed by atoms with Crippen LogP contribution in [0.15, 0.2) is 0 Å². The molecule has 0 heterocycles. The van der Waals surface area contributed by atoms with E-state index in [1.54, 1.807) is 14.2 Å². The van der Waals surface area contributed by atoms with Crippen LogP contribution in [0.4, 0.5) is 0 Å². The Morgan fingerprint density at radius 1 is 1.18 bits per heavy atom. The minimum Gasteiger partial charge on any atom is -0.356 e. The van der Waals surface area contributed by atoms with Crippen LogP contribution < -0.4 is 0 Å². The van der Waals surface area contributed by atoms with Gasteiger partial charge in [0.1, 0.15) is 0 Å². The highest BCUT2D eigenvalue weighted by atomic mass is 16.7. The number of methoxy groups -OCH3 is 2. The summed E-state index contributed by atoms with van der Waals surface area (Å²) in [6.07, 6.45) is 2.52. The van der Waals surface area contributed by atoms with Crippen LogP contribution in [0.5, 0.6) is 0 Å². The third kappa shape index (κ3) is 5.90. The van der Waals surface area contributed by atoms with Gasteiger partial charge in [0.2, 0.25) is 0 Å². The molecule has 0 aliphatic heterocycles. The minimum absolute atomic E-state index is 0.0962. The molecule has 0 spiro atoms. The van der Waals surface area contributed by atoms with Gasteiger partial charge in [0.15, 0.2) is 6.29 Å². The highest BCUT2D eigenvalue weighted by molar-refractivity contribution is 4.97. The van der Waals surface area contributed by atoms with Crippen LogP contribution in [-0.2, 0) is 9.47 Å². The summed E-state index contributed by atoms with van der Waals surface area (Å²) in [5.41, 5.74) is 0. The van der Waals surface area contributed by atoms with Crippen molar-refractivity contribution in [3.8, 4) is 11.8 Å². The van der Waals surface area contributed by atoms with Gasteiger partial charge in [0.25, 0.3) is 0 Å². The maximum absolute atomic E-state index is 4.99. The van der Waals surface area contributed by atoms with Crippen molar-refractivity contribution in [2.75, 3.05) is 14.2 Å². The predicted octanol–water partition coefficient (Wildman–Crippen LogP) is 1.80. The van der Waals surface area contributed by atoms with E-state index in [1.807, 2.05) is 6.92 Å². The molecule has 0 radical (unpaired) electrons. The van der Waals surface area contributed by atoms with Gasteiger partial charge in [-0.1, -0.05) is 6.92 Å². The smallest absolute Gasteiger partial charge is 0.157 e. The zero-order chi connectivity index (χ0) is 8.53. The Labute approximate surface area is 68.9 Å². The zero-order valence-corrected chi connectivity index (χ0v) is 7.52. The molecule has 64 valence electrons. The molecule has 0 fully saturated rings. The fourth-order valence-corrected chi connectivity index (χ4v) is 0.735. The molecular formula is C9H16O2. The van der Waals surface area contributed by atoms with Crippen molar-refractivity contribution >= 4 is 0 Å². The largest absolute Gasteiger partial charge is 0.356 e. The topological polar surface area (TPSA) is 18.5 Å². The Hall–Kier alpha value is -0.520. The van der Waals surface area contributed by atoms with Gasteiger partial charge in [0, 0.05) is 33.5 Å². The van der Waals surface area contributed by atoms with Crippen molar-refractivity contribution in [3.63, 3.8) is 0 Å². The first-order valence-corrected chi connectivity index (χ1v) is 3.86. The summed E-state index contributed by atoms with van der Waals surface area (Å²) in [5, 5.41) is 0. The SMILES string of the molecule is CCC#CCCC(OC)OC. The third-order valence-corrected chi connectivity index (χ3v) is 1.33. The van der Waals surface area contributed by atoms with E-state index in [9.17, 15) is 0 Å². The molecule has 0 saturated heterocycles. The second kappa shape index (κ2) is 7.59. The van der Waals surface area contributed by atoms with E-state index in [0.717, 1.165) is 19.3 Å². The molecule has 0 aliphatic rings. The molecule has 0 saturated carbocycles. The van der Waals surface area contributed by atoms with E-state index in [4.69, 9.17) is 9.47 Å². The summed E-state index contributed by atoms with van der Waals surface area (Å²) in [4.78, 5) is 0. The zero-order valence-electron chi connectivity index (χ0n) is 7.52. The van der Waals surface area contributed by atoms with E-state index >= 15 is 0 Å². The van der Waals surface area contributed by atoms with Gasteiger partial charge < -0.3 is 9.47 Å². The molecular weight excluding hydrogens is 140 g/mol. The van der Waals surface area contributed by atoms with Crippen molar-refractivity contribution in [2.45, 2.75) is 32.5 Å². The number of ether oxygens (including phenoxy) is 2. The Morgan fingerprint density at radius 2 is 1.82 bits per heavy atom. The Balaban J connectivity index is 3.35. The number of hydrogen-bond donors (Lipinski definition) is 0. The quantitative estimate of drug-likeness (QED) is 0.456. The molecule has 0 aliphatic carbocycles. The van der Waals surface area contributed by atoms with Gasteiger partial charge in [0.05, 0.1) is 0 Å². The molecule has 0 aromatic carbocycles. The Morgan fingerprint density at radius 3 is 2.27 bits per heavy atom. The second-order valence-corrected chi connectivity index (χ2v) is 2.15. The van der Waals surface area contributed by atoms with E-state index < -0.39 is 0 Å². The minimum atomic E-state index is -0.0962. The van der Waals surface area contributed by atoms with Gasteiger partial charge in [-0.2, -0.15) is 0 Å². The van der Waals surface area contributed by atoms with Crippen LogP contribution in [0, 0.1) is 11.8 Å². The van der Waals surface area contributed by atoms with Gasteiger partial charge in [-0.25, -0.2) is 0 Å². The lowest BCUT2D eigenvalue weighted by atomic mass is 10.3. The Kier molecular flexibility index (Phi) is 7.23. The molecule has 0 amide bonds. The fourth-order valence-electron chi connectivity index (χ4n) is 0.735. The highest BCUT2D eigenvalue weighted by Crippen LogP contribution is 2.00. The molecule has 0 atom stereocenters. The molecule has 0 unspecified atom stereocenters. The summed E-state index contributed by atoms with van der Waals surface area (Å²) in [7, 11) is 3.28. The van der Waals surface area contributed by atoms with E-state index in [2.05, 4.69) is 11.8 Å². The molecule has 0 rings (SSSR count). The summed E-state index contributed by atoms with van der Waals surface area (Å²) in [5.74, 6) is 6.01. The summed E-state index contributed by atoms with van der Waals surface area (Å²) < 4.78 is 9.98. The van der Waals surface area contributed by atoms with Crippen LogP contribution in [0.1, 0.15) is 26.2 Å². The first-order chi connectivity index (χ1) is 5.35. The van der Waals surface area contributed by atoms with Crippen LogP contribution >= 0.6 is 0 Å². The first-order valence-electron chi connectivity index (χ1n) is 3.86. The average Bonchev–Trinajstić information content (AvgIpc) is 2.05. The van der Waals surface area contributed by atoms with Crippen molar-refractivity contribution in [3.05, 3.63) is 0 Å². The average molecular weight is 156 g/mol. The molecule has 2 heteroatoms. The van der Waals surface area contributed by atoms with Crippen LogP contribution in [0.25, 0.3) is 0 Å². The standard InChI is InChI=1S/C9H16O2/c1-4-5-6-7-8-9(10-2)11-3/h9H,4,7-8H2,1-3H3. The van der Waals surface area contributed by atoms with Gasteiger partial charge in [-0.15, -0.1) is 11.8 Å². The maximum atomic E-state index is 4.99. The van der Waals surface area contributed by atoms with Crippen molar-refractivity contribution in [2.24, 2.45) is 0 Å². The van der Waals surface area contributed by atoms with Gasteiger partial charge >= 0.3 is 0 Å². The van der Waals surface area contributed by atoms with Crippen LogP contribution in [-0.4, -0.2) is 20.5 Å². The summed E-state index contributed by atoms with van der Waals surface area (Å²) in [6.45, 7) is 2.04. The lowest BCUT2D eigenvalue weighted by Crippen LogP contribution is -2.11. The number of hydrogen-bond acceptors (Lipinski definition) is 2. The van der Waals surface area contributed by atoms with E-state index in [0.29, 0.717) is 0 Å². The van der Waals surface area contributed by atoms with Crippen LogP contribution in [0.3, 0.4) is 0 Å². The third-order valence-electron chi connectivity index (χ3n) is 1.33. The fraction of sp³-hybridized carbons (Fsp3) is 0.778. The Bertz CT molecular complexity index is 128. The molecule has 0 N–H and O–H groups in total. The van der Waals surface area contributed by atoms with Crippen molar-refractivity contribution < 1.29 is 9.47 Å². The molecule has 2 nitrogen and oxygen atoms in total. The first kappa shape index (κ1) is 10.5. The number of rotatable bonds is 4. The molecule has 0 aromatic heterocycles. The lowest BCUT2D eigenvalue weighted by molar-refractivity contribution is -0.105. The normalized spacial score (nSPS) is 9.45. The van der Waals surface area contributed by atoms with Gasteiger partial charge in [-0.05, 0) is 0 Å². The predicted molar refractivity (Wildman–Crippen MR) is 45.1 cm³/mol.